The number of nitrogens with zero attached hydrogens (tertiary/aromatic N) is 2. The molecule has 0 radical (unpaired) electrons. The van der Waals surface area contributed by atoms with Gasteiger partial charge in [0.1, 0.15) is 0 Å². The summed E-state index contributed by atoms with van der Waals surface area (Å²) in [6.45, 7) is 4.01. The highest BCUT2D eigenvalue weighted by molar-refractivity contribution is 5.62. The van der Waals surface area contributed by atoms with Gasteiger partial charge in [-0.3, -0.25) is 9.97 Å². The van der Waals surface area contributed by atoms with E-state index in [1.54, 1.807) is 6.20 Å². The molecule has 0 saturated carbocycles. The third kappa shape index (κ3) is 1.79. The second-order valence-electron chi connectivity index (χ2n) is 3.38. The minimum Gasteiger partial charge on any atom is -0.264 e. The zero-order valence-electron chi connectivity index (χ0n) is 8.36. The molecule has 0 aliphatic carbocycles. The molecule has 0 fully saturated rings. The van der Waals surface area contributed by atoms with E-state index in [0.29, 0.717) is 0 Å². The molecule has 2 heterocycles. The Labute approximate surface area is 83.7 Å². The predicted molar refractivity (Wildman–Crippen MR) is 56.9 cm³/mol. The SMILES string of the molecule is Cc1cc(-c2cccnc2)cc(C)n1. The van der Waals surface area contributed by atoms with Crippen molar-refractivity contribution in [1.82, 2.24) is 9.97 Å². The Hall–Kier alpha value is -1.70. The number of hydrogen-bond acceptors (Lipinski definition) is 2. The molecular weight excluding hydrogens is 172 g/mol. The summed E-state index contributed by atoms with van der Waals surface area (Å²) < 4.78 is 0. The monoisotopic (exact) mass is 184 g/mol. The van der Waals surface area contributed by atoms with Crippen molar-refractivity contribution < 1.29 is 0 Å². The Balaban J connectivity index is 2.52. The van der Waals surface area contributed by atoms with E-state index in [1.165, 1.54) is 5.56 Å². The van der Waals surface area contributed by atoms with Crippen LogP contribution in [0.1, 0.15) is 11.4 Å². The van der Waals surface area contributed by atoms with E-state index in [0.717, 1.165) is 17.0 Å². The Morgan fingerprint density at radius 1 is 1.00 bits per heavy atom. The molecule has 0 N–H and O–H groups in total. The Bertz CT molecular complexity index is 415. The lowest BCUT2D eigenvalue weighted by Gasteiger charge is -2.03. The average Bonchev–Trinajstić information content (AvgIpc) is 2.18. The first-order chi connectivity index (χ1) is 6.75. The zero-order valence-corrected chi connectivity index (χ0v) is 8.36. The van der Waals surface area contributed by atoms with Crippen LogP contribution in [0.25, 0.3) is 11.1 Å². The molecule has 2 heteroatoms. The third-order valence-electron chi connectivity index (χ3n) is 2.08. The summed E-state index contributed by atoms with van der Waals surface area (Å²) in [5.41, 5.74) is 4.41. The molecule has 0 amide bonds. The van der Waals surface area contributed by atoms with Crippen molar-refractivity contribution in [2.24, 2.45) is 0 Å². The lowest BCUT2D eigenvalue weighted by Crippen LogP contribution is -1.88. The number of pyridine rings is 2. The second-order valence-corrected chi connectivity index (χ2v) is 3.38. The second kappa shape index (κ2) is 3.58. The van der Waals surface area contributed by atoms with Crippen molar-refractivity contribution in [1.29, 1.82) is 0 Å². The van der Waals surface area contributed by atoms with E-state index in [4.69, 9.17) is 0 Å². The molecule has 2 aromatic rings. The fraction of sp³-hybridized carbons (Fsp3) is 0.167. The van der Waals surface area contributed by atoms with Crippen LogP contribution in [0.4, 0.5) is 0 Å². The molecule has 0 bridgehead atoms. The molecule has 70 valence electrons. The van der Waals surface area contributed by atoms with E-state index in [9.17, 15) is 0 Å². The minimum absolute atomic E-state index is 1.05. The minimum atomic E-state index is 1.05. The van der Waals surface area contributed by atoms with Gasteiger partial charge >= 0.3 is 0 Å². The summed E-state index contributed by atoms with van der Waals surface area (Å²) in [5.74, 6) is 0. The van der Waals surface area contributed by atoms with Gasteiger partial charge in [0.15, 0.2) is 0 Å². The normalized spacial score (nSPS) is 10.1. The van der Waals surface area contributed by atoms with Gasteiger partial charge in [0, 0.05) is 29.3 Å². The molecule has 0 aliphatic rings. The Morgan fingerprint density at radius 3 is 2.29 bits per heavy atom. The molecule has 2 nitrogen and oxygen atoms in total. The summed E-state index contributed by atoms with van der Waals surface area (Å²) in [6.07, 6.45) is 3.65. The van der Waals surface area contributed by atoms with Crippen LogP contribution in [0.2, 0.25) is 0 Å². The van der Waals surface area contributed by atoms with Crippen LogP contribution in [0.15, 0.2) is 36.7 Å². The number of aryl methyl sites for hydroxylation is 2. The van der Waals surface area contributed by atoms with Crippen molar-refractivity contribution in [3.8, 4) is 11.1 Å². The van der Waals surface area contributed by atoms with Gasteiger partial charge in [-0.1, -0.05) is 6.07 Å². The smallest absolute Gasteiger partial charge is 0.0382 e. The highest BCUT2D eigenvalue weighted by Gasteiger charge is 1.99. The molecule has 0 aromatic carbocycles. The molecule has 0 unspecified atom stereocenters. The maximum atomic E-state index is 4.34. The van der Waals surface area contributed by atoms with E-state index < -0.39 is 0 Å². The lowest BCUT2D eigenvalue weighted by molar-refractivity contribution is 1.12. The molecule has 0 saturated heterocycles. The van der Waals surface area contributed by atoms with Crippen LogP contribution in [0, 0.1) is 13.8 Å². The van der Waals surface area contributed by atoms with Gasteiger partial charge < -0.3 is 0 Å². The van der Waals surface area contributed by atoms with Crippen molar-refractivity contribution in [3.05, 3.63) is 48.0 Å². The van der Waals surface area contributed by atoms with Crippen LogP contribution in [-0.4, -0.2) is 9.97 Å². The van der Waals surface area contributed by atoms with Crippen molar-refractivity contribution >= 4 is 0 Å². The van der Waals surface area contributed by atoms with E-state index in [1.807, 2.05) is 26.1 Å². The Morgan fingerprint density at radius 2 is 1.71 bits per heavy atom. The fourth-order valence-corrected chi connectivity index (χ4v) is 1.53. The lowest BCUT2D eigenvalue weighted by atomic mass is 10.1. The van der Waals surface area contributed by atoms with Crippen LogP contribution in [0.5, 0.6) is 0 Å². The summed E-state index contributed by atoms with van der Waals surface area (Å²) in [5, 5.41) is 0. The van der Waals surface area contributed by atoms with Gasteiger partial charge in [0.25, 0.3) is 0 Å². The molecule has 14 heavy (non-hydrogen) atoms. The summed E-state index contributed by atoms with van der Waals surface area (Å²) >= 11 is 0. The molecular formula is C12H12N2. The van der Waals surface area contributed by atoms with E-state index in [2.05, 4.69) is 28.2 Å². The zero-order chi connectivity index (χ0) is 9.97. The molecule has 2 aromatic heterocycles. The summed E-state index contributed by atoms with van der Waals surface area (Å²) in [6, 6.07) is 8.15. The van der Waals surface area contributed by atoms with Gasteiger partial charge in [-0.2, -0.15) is 0 Å². The largest absolute Gasteiger partial charge is 0.264 e. The van der Waals surface area contributed by atoms with Crippen LogP contribution < -0.4 is 0 Å². The van der Waals surface area contributed by atoms with Gasteiger partial charge in [0.05, 0.1) is 0 Å². The van der Waals surface area contributed by atoms with Crippen molar-refractivity contribution in [3.63, 3.8) is 0 Å². The van der Waals surface area contributed by atoms with Gasteiger partial charge in [-0.25, -0.2) is 0 Å². The highest BCUT2D eigenvalue weighted by Crippen LogP contribution is 2.19. The van der Waals surface area contributed by atoms with Gasteiger partial charge in [-0.05, 0) is 37.6 Å². The van der Waals surface area contributed by atoms with Crippen molar-refractivity contribution in [2.45, 2.75) is 13.8 Å². The number of aromatic nitrogens is 2. The summed E-state index contributed by atoms with van der Waals surface area (Å²) in [4.78, 5) is 8.44. The molecule has 2 rings (SSSR count). The van der Waals surface area contributed by atoms with E-state index in [-0.39, 0.29) is 0 Å². The topological polar surface area (TPSA) is 25.8 Å². The van der Waals surface area contributed by atoms with E-state index >= 15 is 0 Å². The van der Waals surface area contributed by atoms with Crippen LogP contribution >= 0.6 is 0 Å². The maximum Gasteiger partial charge on any atom is 0.0382 e. The van der Waals surface area contributed by atoms with Gasteiger partial charge in [0.2, 0.25) is 0 Å². The maximum absolute atomic E-state index is 4.34. The van der Waals surface area contributed by atoms with Gasteiger partial charge in [-0.15, -0.1) is 0 Å². The molecule has 0 aliphatic heterocycles. The molecule has 0 spiro atoms. The summed E-state index contributed by atoms with van der Waals surface area (Å²) in [7, 11) is 0. The first-order valence-electron chi connectivity index (χ1n) is 4.61. The Kier molecular flexibility index (Phi) is 2.27. The number of rotatable bonds is 1. The first kappa shape index (κ1) is 8.88. The molecule has 0 atom stereocenters. The average molecular weight is 184 g/mol. The highest BCUT2D eigenvalue weighted by atomic mass is 14.7. The first-order valence-corrected chi connectivity index (χ1v) is 4.61. The fourth-order valence-electron chi connectivity index (χ4n) is 1.53. The predicted octanol–water partition coefficient (Wildman–Crippen LogP) is 2.76. The number of hydrogen-bond donors (Lipinski definition) is 0. The quantitative estimate of drug-likeness (QED) is 0.681. The van der Waals surface area contributed by atoms with Crippen LogP contribution in [0.3, 0.4) is 0 Å². The van der Waals surface area contributed by atoms with Crippen LogP contribution in [-0.2, 0) is 0 Å². The standard InChI is InChI=1S/C12H12N2/c1-9-6-12(7-10(2)14-9)11-4-3-5-13-8-11/h3-8H,1-2H3. The third-order valence-corrected chi connectivity index (χ3v) is 2.08. The van der Waals surface area contributed by atoms with Crippen molar-refractivity contribution in [2.75, 3.05) is 0 Å².